The molecule has 138 valence electrons. The second kappa shape index (κ2) is 7.58. The summed E-state index contributed by atoms with van der Waals surface area (Å²) in [6, 6.07) is 14.1. The van der Waals surface area contributed by atoms with E-state index in [0.29, 0.717) is 22.8 Å². The molecule has 9 heteroatoms. The molecule has 0 bridgehead atoms. The topological polar surface area (TPSA) is 154 Å². The molecule has 0 saturated carbocycles. The third kappa shape index (κ3) is 4.22. The molecule has 1 amide bonds. The van der Waals surface area contributed by atoms with Crippen LogP contribution in [0.2, 0.25) is 0 Å². The summed E-state index contributed by atoms with van der Waals surface area (Å²) in [6.07, 6.45) is 0. The van der Waals surface area contributed by atoms with Gasteiger partial charge in [-0.2, -0.15) is 5.10 Å². The fourth-order valence-electron chi connectivity index (χ4n) is 2.51. The first kappa shape index (κ1) is 18.0. The van der Waals surface area contributed by atoms with Gasteiger partial charge in [-0.1, -0.05) is 12.1 Å². The number of carbonyl (C=O) groups excluding carboxylic acids is 1. The average Bonchev–Trinajstić information content (AvgIpc) is 3.10. The van der Waals surface area contributed by atoms with Crippen LogP contribution in [0, 0.1) is 0 Å². The highest BCUT2D eigenvalue weighted by Crippen LogP contribution is 2.20. The average molecular weight is 365 g/mol. The maximum absolute atomic E-state index is 12.5. The van der Waals surface area contributed by atoms with Crippen molar-refractivity contribution in [2.45, 2.75) is 6.92 Å². The molecular formula is C18H19N7O2. The van der Waals surface area contributed by atoms with Gasteiger partial charge in [0.05, 0.1) is 11.4 Å². The number of hydrogen-bond acceptors (Lipinski definition) is 5. The fraction of sp³-hybridized carbons (Fsp3) is 0.0556. The van der Waals surface area contributed by atoms with Gasteiger partial charge in [-0.3, -0.25) is 15.5 Å². The van der Waals surface area contributed by atoms with Gasteiger partial charge in [0.15, 0.2) is 0 Å². The smallest absolute Gasteiger partial charge is 0.272 e. The molecule has 9 nitrogen and oxygen atoms in total. The van der Waals surface area contributed by atoms with E-state index < -0.39 is 0 Å². The number of hydrogen-bond donors (Lipinski definition) is 6. The third-order valence-electron chi connectivity index (χ3n) is 3.87. The van der Waals surface area contributed by atoms with E-state index in [-0.39, 0.29) is 11.9 Å². The number of aromatic amines is 1. The van der Waals surface area contributed by atoms with Crippen LogP contribution in [-0.2, 0) is 0 Å². The molecule has 1 heterocycles. The summed E-state index contributed by atoms with van der Waals surface area (Å²) >= 11 is 0. The van der Waals surface area contributed by atoms with E-state index in [9.17, 15) is 4.79 Å². The maximum atomic E-state index is 12.5. The zero-order chi connectivity index (χ0) is 19.4. The minimum absolute atomic E-state index is 0.113. The Balaban J connectivity index is 1.74. The Morgan fingerprint density at radius 1 is 1.04 bits per heavy atom. The lowest BCUT2D eigenvalue weighted by Crippen LogP contribution is -2.22. The molecule has 0 spiro atoms. The lowest BCUT2D eigenvalue weighted by Gasteiger charge is -2.05. The molecule has 1 aromatic heterocycles. The van der Waals surface area contributed by atoms with Crippen LogP contribution in [0.5, 0.6) is 0 Å². The first-order valence-electron chi connectivity index (χ1n) is 8.04. The Morgan fingerprint density at radius 2 is 1.74 bits per heavy atom. The molecule has 0 radical (unpaired) electrons. The van der Waals surface area contributed by atoms with E-state index in [1.165, 1.54) is 0 Å². The van der Waals surface area contributed by atoms with E-state index >= 15 is 0 Å². The van der Waals surface area contributed by atoms with E-state index in [1.54, 1.807) is 55.5 Å². The molecular weight excluding hydrogens is 346 g/mol. The maximum Gasteiger partial charge on any atom is 0.272 e. The molecule has 0 saturated heterocycles. The van der Waals surface area contributed by atoms with Crippen molar-refractivity contribution in [1.29, 1.82) is 0 Å². The highest BCUT2D eigenvalue weighted by molar-refractivity contribution is 6.06. The Morgan fingerprint density at radius 3 is 2.41 bits per heavy atom. The van der Waals surface area contributed by atoms with Crippen molar-refractivity contribution >= 4 is 39.9 Å². The number of benzene rings is 2. The Labute approximate surface area is 154 Å². The highest BCUT2D eigenvalue weighted by atomic mass is 16.5. The minimum Gasteiger partial charge on any atom is -0.369 e. The van der Waals surface area contributed by atoms with Gasteiger partial charge >= 0.3 is 0 Å². The standard InChI is InChI=1S/C18H19N7O2/c1-10(23-24-18(19)20)11-2-4-13(5-3-11)21-17(26)16-9-12-8-14(25-27)6-7-15(12)22-16/h2-9,22,25,27H,1H3,(H,21,26)(H4,19,20,24)/b23-10-. The van der Waals surface area contributed by atoms with Crippen LogP contribution in [-0.4, -0.2) is 27.8 Å². The Kier molecular flexibility index (Phi) is 5.04. The molecule has 27 heavy (non-hydrogen) atoms. The lowest BCUT2D eigenvalue weighted by atomic mass is 10.1. The summed E-state index contributed by atoms with van der Waals surface area (Å²) in [6.45, 7) is 1.78. The summed E-state index contributed by atoms with van der Waals surface area (Å²) in [7, 11) is 0. The quantitative estimate of drug-likeness (QED) is 0.232. The first-order chi connectivity index (χ1) is 13.0. The normalized spacial score (nSPS) is 11.3. The number of aromatic nitrogens is 1. The molecule has 0 aliphatic carbocycles. The second-order valence-corrected chi connectivity index (χ2v) is 5.84. The summed E-state index contributed by atoms with van der Waals surface area (Å²) in [5.41, 5.74) is 16.4. The predicted octanol–water partition coefficient (Wildman–Crippen LogP) is 2.22. The van der Waals surface area contributed by atoms with E-state index in [0.717, 1.165) is 16.5 Å². The monoisotopic (exact) mass is 365 g/mol. The van der Waals surface area contributed by atoms with Crippen molar-refractivity contribution in [3.8, 4) is 0 Å². The summed E-state index contributed by atoms with van der Waals surface area (Å²) in [4.78, 5) is 15.5. The molecule has 0 fully saturated rings. The van der Waals surface area contributed by atoms with E-state index in [2.05, 4.69) is 26.0 Å². The predicted molar refractivity (Wildman–Crippen MR) is 106 cm³/mol. The highest BCUT2D eigenvalue weighted by Gasteiger charge is 2.10. The first-order valence-corrected chi connectivity index (χ1v) is 8.04. The zero-order valence-corrected chi connectivity index (χ0v) is 14.5. The lowest BCUT2D eigenvalue weighted by molar-refractivity contribution is 0.102. The molecule has 0 aliphatic rings. The number of H-pyrrole nitrogens is 1. The molecule has 0 unspecified atom stereocenters. The van der Waals surface area contributed by atoms with Crippen LogP contribution in [0.25, 0.3) is 10.9 Å². The minimum atomic E-state index is -0.275. The number of amides is 1. The molecule has 3 rings (SSSR count). The van der Waals surface area contributed by atoms with Crippen LogP contribution in [0.1, 0.15) is 23.0 Å². The van der Waals surface area contributed by atoms with Crippen molar-refractivity contribution < 1.29 is 10.0 Å². The molecule has 0 aliphatic heterocycles. The van der Waals surface area contributed by atoms with Crippen molar-refractivity contribution in [2.75, 3.05) is 10.8 Å². The van der Waals surface area contributed by atoms with Crippen molar-refractivity contribution in [1.82, 2.24) is 4.98 Å². The molecule has 8 N–H and O–H groups in total. The number of nitrogens with one attached hydrogen (secondary N) is 3. The SMILES string of the molecule is C/C(=N/N=C(N)N)c1ccc(NC(=O)c2cc3cc(NO)ccc3[nH]2)cc1. The fourth-order valence-corrected chi connectivity index (χ4v) is 2.51. The summed E-state index contributed by atoms with van der Waals surface area (Å²) < 4.78 is 0. The van der Waals surface area contributed by atoms with Crippen LogP contribution in [0.15, 0.2) is 58.7 Å². The van der Waals surface area contributed by atoms with Crippen molar-refractivity contribution in [3.05, 3.63) is 59.8 Å². The van der Waals surface area contributed by atoms with Gasteiger partial charge in [0.1, 0.15) is 5.69 Å². The van der Waals surface area contributed by atoms with Gasteiger partial charge in [0, 0.05) is 16.6 Å². The number of guanidine groups is 1. The van der Waals surface area contributed by atoms with E-state index in [4.69, 9.17) is 16.7 Å². The number of carbonyl (C=O) groups is 1. The van der Waals surface area contributed by atoms with Gasteiger partial charge in [-0.15, -0.1) is 5.10 Å². The number of nitrogens with two attached hydrogens (primary N) is 2. The van der Waals surface area contributed by atoms with E-state index in [1.807, 2.05) is 0 Å². The number of fused-ring (bicyclic) bond motifs is 1. The van der Waals surface area contributed by atoms with Crippen LogP contribution < -0.4 is 22.3 Å². The molecule has 2 aromatic carbocycles. The number of anilines is 2. The van der Waals surface area contributed by atoms with Gasteiger partial charge in [0.25, 0.3) is 5.91 Å². The van der Waals surface area contributed by atoms with Crippen molar-refractivity contribution in [2.24, 2.45) is 21.7 Å². The molecule has 3 aromatic rings. The molecule has 0 atom stereocenters. The van der Waals surface area contributed by atoms with Crippen molar-refractivity contribution in [3.63, 3.8) is 0 Å². The summed E-state index contributed by atoms with van der Waals surface area (Å²) in [5.74, 6) is -0.387. The van der Waals surface area contributed by atoms with Gasteiger partial charge in [0.2, 0.25) is 5.96 Å². The largest absolute Gasteiger partial charge is 0.369 e. The van der Waals surface area contributed by atoms with Gasteiger partial charge in [-0.05, 0) is 48.9 Å². The second-order valence-electron chi connectivity index (χ2n) is 5.84. The number of nitrogens with zero attached hydrogens (tertiary/aromatic N) is 2. The van der Waals surface area contributed by atoms with Gasteiger partial charge in [-0.25, -0.2) is 0 Å². The van der Waals surface area contributed by atoms with Crippen LogP contribution >= 0.6 is 0 Å². The number of rotatable bonds is 5. The third-order valence-corrected chi connectivity index (χ3v) is 3.87. The zero-order valence-electron chi connectivity index (χ0n) is 14.5. The summed E-state index contributed by atoms with van der Waals surface area (Å²) in [5, 5.41) is 20.1. The Bertz CT molecular complexity index is 1030. The van der Waals surface area contributed by atoms with Crippen LogP contribution in [0.4, 0.5) is 11.4 Å². The van der Waals surface area contributed by atoms with Crippen LogP contribution in [0.3, 0.4) is 0 Å². The van der Waals surface area contributed by atoms with Gasteiger partial charge < -0.3 is 21.8 Å². The Hall–Kier alpha value is -3.85.